The molecule has 6 heteroatoms. The molecule has 4 rings (SSSR count). The van der Waals surface area contributed by atoms with Gasteiger partial charge in [-0.2, -0.15) is 0 Å². The number of piperidine rings is 1. The van der Waals surface area contributed by atoms with Gasteiger partial charge in [-0.25, -0.2) is 4.39 Å². The van der Waals surface area contributed by atoms with Crippen LogP contribution in [0, 0.1) is 11.7 Å². The molecule has 174 valence electrons. The highest BCUT2D eigenvalue weighted by Crippen LogP contribution is 2.22. The molecule has 1 aliphatic heterocycles. The molecule has 0 spiro atoms. The summed E-state index contributed by atoms with van der Waals surface area (Å²) in [4.78, 5) is 24.3. The van der Waals surface area contributed by atoms with E-state index in [1.54, 1.807) is 12.3 Å². The van der Waals surface area contributed by atoms with Crippen LogP contribution in [0.25, 0.3) is 10.9 Å². The van der Waals surface area contributed by atoms with E-state index in [2.05, 4.69) is 14.8 Å². The molecular weight excluding hydrogens is 415 g/mol. The van der Waals surface area contributed by atoms with Gasteiger partial charge in [0.25, 0.3) is 5.91 Å². The summed E-state index contributed by atoms with van der Waals surface area (Å²) in [6, 6.07) is 16.6. The van der Waals surface area contributed by atoms with E-state index in [4.69, 9.17) is 0 Å². The molecule has 0 bridgehead atoms. The number of pyridine rings is 1. The summed E-state index contributed by atoms with van der Waals surface area (Å²) in [6.45, 7) is 4.67. The minimum atomic E-state index is -0.145. The van der Waals surface area contributed by atoms with E-state index >= 15 is 0 Å². The van der Waals surface area contributed by atoms with Crippen molar-refractivity contribution in [3.05, 3.63) is 77.7 Å². The van der Waals surface area contributed by atoms with Gasteiger partial charge in [0.15, 0.2) is 0 Å². The molecule has 0 radical (unpaired) electrons. The maximum Gasteiger partial charge on any atom is 0.253 e. The number of hydrogen-bond acceptors (Lipinski definition) is 4. The van der Waals surface area contributed by atoms with E-state index < -0.39 is 0 Å². The molecule has 1 fully saturated rings. The first-order valence-corrected chi connectivity index (χ1v) is 11.7. The topological polar surface area (TPSA) is 39.7 Å². The zero-order chi connectivity index (χ0) is 23.2. The Kier molecular flexibility index (Phi) is 7.68. The summed E-state index contributed by atoms with van der Waals surface area (Å²) in [7, 11) is 4.06. The number of halogens is 1. The minimum absolute atomic E-state index is 0.0637. The van der Waals surface area contributed by atoms with Crippen molar-refractivity contribution < 1.29 is 9.18 Å². The third kappa shape index (κ3) is 6.15. The molecule has 3 aromatic rings. The number of benzene rings is 2. The molecule has 0 aliphatic carbocycles. The maximum atomic E-state index is 14.1. The Labute approximate surface area is 195 Å². The van der Waals surface area contributed by atoms with Crippen LogP contribution in [0.5, 0.6) is 0 Å². The van der Waals surface area contributed by atoms with Crippen molar-refractivity contribution in [1.29, 1.82) is 0 Å². The third-order valence-corrected chi connectivity index (χ3v) is 6.39. The van der Waals surface area contributed by atoms with Crippen molar-refractivity contribution in [1.82, 2.24) is 19.7 Å². The first-order chi connectivity index (χ1) is 16.0. The van der Waals surface area contributed by atoms with Crippen LogP contribution in [0.1, 0.15) is 28.8 Å². The number of rotatable bonds is 8. The SMILES string of the molecule is CN(C)CCN(C[C@@H]1CCCN(Cc2ccccc2F)C1)C(=O)c1ccc2ncccc2c1. The van der Waals surface area contributed by atoms with E-state index in [9.17, 15) is 9.18 Å². The Bertz CT molecular complexity index is 1090. The number of fused-ring (bicyclic) bond motifs is 1. The monoisotopic (exact) mass is 448 g/mol. The number of hydrogen-bond donors (Lipinski definition) is 0. The Morgan fingerprint density at radius 1 is 1.12 bits per heavy atom. The van der Waals surface area contributed by atoms with Crippen LogP contribution >= 0.6 is 0 Å². The molecule has 0 N–H and O–H groups in total. The van der Waals surface area contributed by atoms with Gasteiger partial charge in [0.05, 0.1) is 5.52 Å². The van der Waals surface area contributed by atoms with Crippen molar-refractivity contribution in [2.24, 2.45) is 5.92 Å². The lowest BCUT2D eigenvalue weighted by molar-refractivity contribution is 0.0660. The lowest BCUT2D eigenvalue weighted by Gasteiger charge is -2.36. The normalized spacial score (nSPS) is 16.9. The van der Waals surface area contributed by atoms with Crippen molar-refractivity contribution >= 4 is 16.8 Å². The standard InChI is InChI=1S/C27H33FN4O/c1-30(2)15-16-32(27(33)23-11-12-26-22(17-23)9-5-13-29-26)19-21-7-6-14-31(18-21)20-24-8-3-4-10-25(24)28/h3-5,8-13,17,21H,6-7,14-16,18-20H2,1-2H3/t21-/m1/s1. The molecule has 33 heavy (non-hydrogen) atoms. The van der Waals surface area contributed by atoms with Gasteiger partial charge in [-0.1, -0.05) is 24.3 Å². The zero-order valence-corrected chi connectivity index (χ0v) is 19.6. The highest BCUT2D eigenvalue weighted by molar-refractivity contribution is 5.97. The summed E-state index contributed by atoms with van der Waals surface area (Å²) < 4.78 is 14.1. The second-order valence-electron chi connectivity index (χ2n) is 9.30. The van der Waals surface area contributed by atoms with Crippen LogP contribution in [0.15, 0.2) is 60.8 Å². The minimum Gasteiger partial charge on any atom is -0.337 e. The van der Waals surface area contributed by atoms with Gasteiger partial charge in [0, 0.05) is 55.4 Å². The Morgan fingerprint density at radius 2 is 1.97 bits per heavy atom. The van der Waals surface area contributed by atoms with Crippen LogP contribution in [-0.2, 0) is 6.54 Å². The Balaban J connectivity index is 1.46. The number of likely N-dealkylation sites (tertiary alicyclic amines) is 1. The third-order valence-electron chi connectivity index (χ3n) is 6.39. The van der Waals surface area contributed by atoms with Crippen LogP contribution in [-0.4, -0.2) is 72.4 Å². The molecule has 1 aromatic heterocycles. The smallest absolute Gasteiger partial charge is 0.253 e. The zero-order valence-electron chi connectivity index (χ0n) is 19.6. The van der Waals surface area contributed by atoms with Crippen molar-refractivity contribution in [3.8, 4) is 0 Å². The van der Waals surface area contributed by atoms with E-state index in [1.807, 2.05) is 61.5 Å². The summed E-state index contributed by atoms with van der Waals surface area (Å²) in [6.07, 6.45) is 3.92. The van der Waals surface area contributed by atoms with Gasteiger partial charge < -0.3 is 9.80 Å². The molecule has 2 aromatic carbocycles. The predicted octanol–water partition coefficient (Wildman–Crippen LogP) is 4.29. The average molecular weight is 449 g/mol. The average Bonchev–Trinajstić information content (AvgIpc) is 2.82. The quantitative estimate of drug-likeness (QED) is 0.515. The van der Waals surface area contributed by atoms with Crippen LogP contribution in [0.3, 0.4) is 0 Å². The fraction of sp³-hybridized carbons (Fsp3) is 0.407. The molecule has 1 aliphatic rings. The predicted molar refractivity (Wildman–Crippen MR) is 131 cm³/mol. The maximum absolute atomic E-state index is 14.1. The van der Waals surface area contributed by atoms with Gasteiger partial charge in [-0.3, -0.25) is 14.7 Å². The van der Waals surface area contributed by atoms with E-state index in [-0.39, 0.29) is 11.7 Å². The second-order valence-corrected chi connectivity index (χ2v) is 9.30. The highest BCUT2D eigenvalue weighted by atomic mass is 19.1. The van der Waals surface area contributed by atoms with Crippen LogP contribution in [0.2, 0.25) is 0 Å². The first-order valence-electron chi connectivity index (χ1n) is 11.7. The molecule has 0 saturated carbocycles. The number of carbonyl (C=O) groups is 1. The van der Waals surface area contributed by atoms with E-state index in [0.29, 0.717) is 31.1 Å². The molecular formula is C27H33FN4O. The van der Waals surface area contributed by atoms with Crippen LogP contribution < -0.4 is 0 Å². The number of nitrogens with zero attached hydrogens (tertiary/aromatic N) is 4. The summed E-state index contributed by atoms with van der Waals surface area (Å²) in [5, 5.41) is 0.977. The number of aromatic nitrogens is 1. The van der Waals surface area contributed by atoms with Gasteiger partial charge in [-0.05, 0) is 69.7 Å². The van der Waals surface area contributed by atoms with Gasteiger partial charge in [-0.15, -0.1) is 0 Å². The van der Waals surface area contributed by atoms with Gasteiger partial charge >= 0.3 is 0 Å². The number of likely N-dealkylation sites (N-methyl/N-ethyl adjacent to an activating group) is 1. The van der Waals surface area contributed by atoms with E-state index in [0.717, 1.165) is 48.9 Å². The highest BCUT2D eigenvalue weighted by Gasteiger charge is 2.25. The molecule has 2 heterocycles. The Morgan fingerprint density at radius 3 is 2.79 bits per heavy atom. The lowest BCUT2D eigenvalue weighted by atomic mass is 9.96. The van der Waals surface area contributed by atoms with Crippen molar-refractivity contribution in [2.75, 3.05) is 46.8 Å². The number of carbonyl (C=O) groups excluding carboxylic acids is 1. The van der Waals surface area contributed by atoms with Gasteiger partial charge in [0.1, 0.15) is 5.82 Å². The molecule has 5 nitrogen and oxygen atoms in total. The Hall–Kier alpha value is -2.83. The molecule has 0 unspecified atom stereocenters. The van der Waals surface area contributed by atoms with Crippen LogP contribution in [0.4, 0.5) is 4.39 Å². The number of amides is 1. The van der Waals surface area contributed by atoms with Crippen molar-refractivity contribution in [2.45, 2.75) is 19.4 Å². The van der Waals surface area contributed by atoms with Crippen molar-refractivity contribution in [3.63, 3.8) is 0 Å². The fourth-order valence-electron chi connectivity index (χ4n) is 4.61. The molecule has 1 atom stereocenters. The summed E-state index contributed by atoms with van der Waals surface area (Å²) in [5.41, 5.74) is 2.33. The summed E-state index contributed by atoms with van der Waals surface area (Å²) >= 11 is 0. The largest absolute Gasteiger partial charge is 0.337 e. The first kappa shape index (κ1) is 23.3. The molecule has 1 saturated heterocycles. The lowest BCUT2D eigenvalue weighted by Crippen LogP contribution is -2.44. The molecule has 1 amide bonds. The van der Waals surface area contributed by atoms with Gasteiger partial charge in [0.2, 0.25) is 0 Å². The second kappa shape index (κ2) is 10.9. The fourth-order valence-corrected chi connectivity index (χ4v) is 4.61. The van der Waals surface area contributed by atoms with E-state index in [1.165, 1.54) is 6.07 Å². The summed E-state index contributed by atoms with van der Waals surface area (Å²) in [5.74, 6) is 0.292.